The second-order valence-electron chi connectivity index (χ2n) is 8.55. The van der Waals surface area contributed by atoms with E-state index in [1.807, 2.05) is 48.5 Å². The first-order chi connectivity index (χ1) is 17.2. The highest BCUT2D eigenvalue weighted by Crippen LogP contribution is 2.36. The molecule has 0 bridgehead atoms. The molecule has 1 aliphatic rings. The molecule has 1 amide bonds. The summed E-state index contributed by atoms with van der Waals surface area (Å²) in [6, 6.07) is 21.7. The predicted octanol–water partition coefficient (Wildman–Crippen LogP) is 4.99. The number of piperazine rings is 1. The molecule has 0 radical (unpaired) electrons. The second-order valence-corrected chi connectivity index (χ2v) is 9.58. The molecule has 6 rings (SSSR count). The SMILES string of the molecule is Cl.O=C(Nc1ccccc1-c1nc2c(CN3CCNCC3)cccc2s1)c1cnc2ccccc2n1. The monoisotopic (exact) mass is 516 g/mol. The number of amides is 1. The summed E-state index contributed by atoms with van der Waals surface area (Å²) in [5.41, 5.74) is 5.60. The van der Waals surface area contributed by atoms with Crippen LogP contribution in [0.2, 0.25) is 0 Å². The number of nitrogens with one attached hydrogen (secondary N) is 2. The van der Waals surface area contributed by atoms with Crippen molar-refractivity contribution in [1.82, 2.24) is 25.2 Å². The van der Waals surface area contributed by atoms with Gasteiger partial charge >= 0.3 is 0 Å². The molecule has 3 aromatic carbocycles. The highest BCUT2D eigenvalue weighted by atomic mass is 35.5. The lowest BCUT2D eigenvalue weighted by Crippen LogP contribution is -2.42. The molecule has 9 heteroatoms. The fraction of sp³-hybridized carbons (Fsp3) is 0.185. The van der Waals surface area contributed by atoms with Gasteiger partial charge in [0.1, 0.15) is 10.7 Å². The Labute approximate surface area is 219 Å². The van der Waals surface area contributed by atoms with Crippen LogP contribution in [0.4, 0.5) is 5.69 Å². The van der Waals surface area contributed by atoms with Crippen LogP contribution < -0.4 is 10.6 Å². The third kappa shape index (κ3) is 4.94. The number of fused-ring (bicyclic) bond motifs is 2. The van der Waals surface area contributed by atoms with Crippen LogP contribution in [0.1, 0.15) is 16.1 Å². The van der Waals surface area contributed by atoms with Crippen molar-refractivity contribution < 1.29 is 4.79 Å². The van der Waals surface area contributed by atoms with E-state index in [9.17, 15) is 4.79 Å². The van der Waals surface area contributed by atoms with Gasteiger partial charge in [0.2, 0.25) is 0 Å². The minimum Gasteiger partial charge on any atom is -0.320 e. The van der Waals surface area contributed by atoms with Crippen molar-refractivity contribution in [2.24, 2.45) is 0 Å². The third-order valence-corrected chi connectivity index (χ3v) is 7.25. The molecule has 182 valence electrons. The molecule has 0 atom stereocenters. The third-order valence-electron chi connectivity index (χ3n) is 6.19. The molecule has 7 nitrogen and oxygen atoms in total. The average Bonchev–Trinajstić information content (AvgIpc) is 3.35. The van der Waals surface area contributed by atoms with Gasteiger partial charge in [-0.25, -0.2) is 9.97 Å². The Hall–Kier alpha value is -3.43. The smallest absolute Gasteiger partial charge is 0.275 e. The molecule has 1 aliphatic heterocycles. The summed E-state index contributed by atoms with van der Waals surface area (Å²) in [5, 5.41) is 7.31. The van der Waals surface area contributed by atoms with Gasteiger partial charge in [0.15, 0.2) is 0 Å². The Morgan fingerprint density at radius 1 is 0.944 bits per heavy atom. The fourth-order valence-electron chi connectivity index (χ4n) is 4.39. The summed E-state index contributed by atoms with van der Waals surface area (Å²) in [7, 11) is 0. The topological polar surface area (TPSA) is 83.0 Å². The summed E-state index contributed by atoms with van der Waals surface area (Å²) in [4.78, 5) is 29.4. The van der Waals surface area contributed by atoms with Crippen LogP contribution in [0.15, 0.2) is 72.9 Å². The van der Waals surface area contributed by atoms with Crippen LogP contribution in [0.25, 0.3) is 31.8 Å². The van der Waals surface area contributed by atoms with Crippen molar-refractivity contribution in [3.8, 4) is 10.6 Å². The number of carbonyl (C=O) groups is 1. The zero-order valence-corrected chi connectivity index (χ0v) is 21.1. The van der Waals surface area contributed by atoms with Crippen molar-refractivity contribution in [3.63, 3.8) is 0 Å². The lowest BCUT2D eigenvalue weighted by Gasteiger charge is -2.27. The highest BCUT2D eigenvalue weighted by molar-refractivity contribution is 7.21. The molecule has 0 spiro atoms. The van der Waals surface area contributed by atoms with E-state index in [0.717, 1.165) is 59.0 Å². The van der Waals surface area contributed by atoms with E-state index in [2.05, 4.69) is 43.7 Å². The number of thiazole rings is 1. The zero-order chi connectivity index (χ0) is 23.6. The van der Waals surface area contributed by atoms with Crippen LogP contribution in [-0.2, 0) is 6.54 Å². The first kappa shape index (κ1) is 24.3. The van der Waals surface area contributed by atoms with Gasteiger partial charge in [-0.2, -0.15) is 0 Å². The maximum absolute atomic E-state index is 13.0. The standard InChI is InChI=1S/C27H24N6OS.ClH/c34-26(23-16-29-21-9-3-4-10-22(21)30-23)31-20-8-2-1-7-19(20)27-32-25-18(6-5-11-24(25)35-27)17-33-14-12-28-13-15-33;/h1-11,16,28H,12-15,17H2,(H,31,34);1H. The highest BCUT2D eigenvalue weighted by Gasteiger charge is 2.17. The number of carbonyl (C=O) groups excluding carboxylic acids is 1. The molecule has 0 saturated carbocycles. The number of benzene rings is 3. The van der Waals surface area contributed by atoms with E-state index >= 15 is 0 Å². The maximum Gasteiger partial charge on any atom is 0.275 e. The van der Waals surface area contributed by atoms with Crippen LogP contribution in [-0.4, -0.2) is 51.9 Å². The Kier molecular flexibility index (Phi) is 7.20. The van der Waals surface area contributed by atoms with Gasteiger partial charge in [0.25, 0.3) is 5.91 Å². The van der Waals surface area contributed by atoms with Crippen molar-refractivity contribution in [2.75, 3.05) is 31.5 Å². The molecule has 5 aromatic rings. The average molecular weight is 517 g/mol. The van der Waals surface area contributed by atoms with Crippen molar-refractivity contribution >= 4 is 56.6 Å². The van der Waals surface area contributed by atoms with Crippen LogP contribution in [0.3, 0.4) is 0 Å². The molecule has 1 fully saturated rings. The molecular weight excluding hydrogens is 492 g/mol. The molecular formula is C27H25ClN6OS. The molecule has 0 aliphatic carbocycles. The van der Waals surface area contributed by atoms with Crippen molar-refractivity contribution in [3.05, 3.63) is 84.2 Å². The first-order valence-corrected chi connectivity index (χ1v) is 12.5. The number of nitrogens with zero attached hydrogens (tertiary/aromatic N) is 4. The predicted molar refractivity (Wildman–Crippen MR) is 148 cm³/mol. The zero-order valence-electron chi connectivity index (χ0n) is 19.5. The summed E-state index contributed by atoms with van der Waals surface area (Å²) >= 11 is 1.64. The van der Waals surface area contributed by atoms with Gasteiger partial charge in [0.05, 0.1) is 33.1 Å². The number of hydrogen-bond acceptors (Lipinski definition) is 7. The largest absolute Gasteiger partial charge is 0.320 e. The van der Waals surface area contributed by atoms with E-state index in [1.165, 1.54) is 11.8 Å². The minimum absolute atomic E-state index is 0. The summed E-state index contributed by atoms with van der Waals surface area (Å²) in [5.74, 6) is -0.295. The van der Waals surface area contributed by atoms with E-state index in [0.29, 0.717) is 11.2 Å². The number of rotatable bonds is 5. The van der Waals surface area contributed by atoms with Gasteiger partial charge in [-0.15, -0.1) is 23.7 Å². The van der Waals surface area contributed by atoms with Crippen molar-refractivity contribution in [2.45, 2.75) is 6.54 Å². The van der Waals surface area contributed by atoms with Gasteiger partial charge in [0, 0.05) is 38.3 Å². The molecule has 0 unspecified atom stereocenters. The fourth-order valence-corrected chi connectivity index (χ4v) is 5.44. The van der Waals surface area contributed by atoms with Gasteiger partial charge in [-0.05, 0) is 35.9 Å². The maximum atomic E-state index is 13.0. The summed E-state index contributed by atoms with van der Waals surface area (Å²) in [6.45, 7) is 5.01. The Balaban J connectivity index is 0.00000267. The summed E-state index contributed by atoms with van der Waals surface area (Å²) < 4.78 is 1.15. The molecule has 36 heavy (non-hydrogen) atoms. The molecule has 1 saturated heterocycles. The Morgan fingerprint density at radius 2 is 1.72 bits per heavy atom. The van der Waals surface area contributed by atoms with Crippen LogP contribution >= 0.6 is 23.7 Å². The van der Waals surface area contributed by atoms with Crippen molar-refractivity contribution in [1.29, 1.82) is 0 Å². The first-order valence-electron chi connectivity index (χ1n) is 11.7. The van der Waals surface area contributed by atoms with Crippen LogP contribution in [0, 0.1) is 0 Å². The quantitative estimate of drug-likeness (QED) is 0.342. The van der Waals surface area contributed by atoms with Gasteiger partial charge < -0.3 is 10.6 Å². The number of aromatic nitrogens is 3. The lowest BCUT2D eigenvalue weighted by atomic mass is 10.1. The molecule has 2 aromatic heterocycles. The van der Waals surface area contributed by atoms with E-state index in [4.69, 9.17) is 4.98 Å². The van der Waals surface area contributed by atoms with E-state index < -0.39 is 0 Å². The van der Waals surface area contributed by atoms with Gasteiger partial charge in [-0.3, -0.25) is 14.7 Å². The van der Waals surface area contributed by atoms with E-state index in [-0.39, 0.29) is 24.0 Å². The Bertz CT molecular complexity index is 1530. The number of halogens is 1. The minimum atomic E-state index is -0.295. The number of para-hydroxylation sites is 4. The Morgan fingerprint density at radius 3 is 2.58 bits per heavy atom. The van der Waals surface area contributed by atoms with Gasteiger partial charge in [-0.1, -0.05) is 36.4 Å². The van der Waals surface area contributed by atoms with E-state index in [1.54, 1.807) is 11.3 Å². The lowest BCUT2D eigenvalue weighted by molar-refractivity contribution is 0.102. The molecule has 2 N–H and O–H groups in total. The number of anilines is 1. The number of hydrogen-bond donors (Lipinski definition) is 2. The summed E-state index contributed by atoms with van der Waals surface area (Å²) in [6.07, 6.45) is 1.51. The van der Waals surface area contributed by atoms with Crippen LogP contribution in [0.5, 0.6) is 0 Å². The normalized spacial score (nSPS) is 14.0. The molecule has 3 heterocycles. The second kappa shape index (κ2) is 10.7.